The molecule has 3 rings (SSSR count). The van der Waals surface area contributed by atoms with Gasteiger partial charge in [-0.2, -0.15) is 0 Å². The molecule has 0 unspecified atom stereocenters. The number of benzene rings is 1. The normalized spacial score (nSPS) is 15.6. The van der Waals surface area contributed by atoms with Crippen LogP contribution in [-0.4, -0.2) is 42.3 Å². The van der Waals surface area contributed by atoms with Gasteiger partial charge in [0.05, 0.1) is 18.6 Å². The second-order valence-electron chi connectivity index (χ2n) is 7.75. The Hall–Kier alpha value is -1.68. The van der Waals surface area contributed by atoms with Gasteiger partial charge in [0.1, 0.15) is 5.82 Å². The van der Waals surface area contributed by atoms with Gasteiger partial charge in [0.25, 0.3) is 0 Å². The standard InChI is InChI=1S/C22H32FN5O.HI/c1-3-25-21(27-16-22(10-13-29-2)8-4-5-9-22)26-15-18-6-7-20(19(23)14-18)28-12-11-24-17-28;/h6-7,11-12,14,17H,3-5,8-10,13,15-16H2,1-2H3,(H2,25,26,27);1H. The van der Waals surface area contributed by atoms with Crippen molar-refractivity contribution >= 4 is 29.9 Å². The van der Waals surface area contributed by atoms with E-state index in [9.17, 15) is 4.39 Å². The van der Waals surface area contributed by atoms with Crippen LogP contribution in [-0.2, 0) is 11.3 Å². The first-order valence-corrected chi connectivity index (χ1v) is 10.4. The third-order valence-corrected chi connectivity index (χ3v) is 5.69. The Bertz CT molecular complexity index is 791. The molecule has 8 heteroatoms. The molecule has 2 aromatic rings. The van der Waals surface area contributed by atoms with E-state index in [0.29, 0.717) is 12.2 Å². The minimum atomic E-state index is -0.280. The minimum Gasteiger partial charge on any atom is -0.385 e. The number of nitrogens with one attached hydrogen (secondary N) is 2. The first-order valence-electron chi connectivity index (χ1n) is 10.4. The lowest BCUT2D eigenvalue weighted by molar-refractivity contribution is 0.138. The molecule has 0 radical (unpaired) electrons. The summed E-state index contributed by atoms with van der Waals surface area (Å²) in [7, 11) is 1.76. The van der Waals surface area contributed by atoms with Gasteiger partial charge >= 0.3 is 0 Å². The number of nitrogens with zero attached hydrogens (tertiary/aromatic N) is 3. The number of imidazole rings is 1. The van der Waals surface area contributed by atoms with E-state index in [2.05, 4.69) is 20.6 Å². The Morgan fingerprint density at radius 2 is 2.10 bits per heavy atom. The molecule has 1 aromatic heterocycles. The molecule has 0 amide bonds. The van der Waals surface area contributed by atoms with Crippen LogP contribution < -0.4 is 10.6 Å². The van der Waals surface area contributed by atoms with Gasteiger partial charge in [0, 0.05) is 39.2 Å². The molecule has 6 nitrogen and oxygen atoms in total. The van der Waals surface area contributed by atoms with Crippen LogP contribution in [0.15, 0.2) is 41.9 Å². The summed E-state index contributed by atoms with van der Waals surface area (Å²) < 4.78 is 21.4. The second kappa shape index (κ2) is 12.2. The lowest BCUT2D eigenvalue weighted by atomic mass is 9.83. The number of hydrogen-bond donors (Lipinski definition) is 2. The number of hydrogen-bond acceptors (Lipinski definition) is 3. The molecule has 30 heavy (non-hydrogen) atoms. The van der Waals surface area contributed by atoms with Crippen LogP contribution in [0.2, 0.25) is 0 Å². The summed E-state index contributed by atoms with van der Waals surface area (Å²) in [6.07, 6.45) is 11.0. The Balaban J connectivity index is 0.00000320. The number of halogens is 2. The van der Waals surface area contributed by atoms with E-state index in [1.165, 1.54) is 25.7 Å². The number of rotatable bonds is 9. The van der Waals surface area contributed by atoms with Gasteiger partial charge in [0.15, 0.2) is 5.96 Å². The first-order chi connectivity index (χ1) is 14.2. The molecule has 1 aliphatic rings. The highest BCUT2D eigenvalue weighted by Crippen LogP contribution is 2.40. The molecule has 1 aromatic carbocycles. The van der Waals surface area contributed by atoms with Crippen LogP contribution in [0.4, 0.5) is 4.39 Å². The van der Waals surface area contributed by atoms with E-state index in [0.717, 1.165) is 37.6 Å². The third-order valence-electron chi connectivity index (χ3n) is 5.69. The van der Waals surface area contributed by atoms with E-state index in [4.69, 9.17) is 4.74 Å². The van der Waals surface area contributed by atoms with Crippen molar-refractivity contribution in [3.05, 3.63) is 48.3 Å². The van der Waals surface area contributed by atoms with Gasteiger partial charge in [0.2, 0.25) is 0 Å². The molecule has 1 saturated carbocycles. The quantitative estimate of drug-likeness (QED) is 0.289. The summed E-state index contributed by atoms with van der Waals surface area (Å²) in [6.45, 7) is 4.92. The van der Waals surface area contributed by atoms with Gasteiger partial charge < -0.3 is 19.9 Å². The van der Waals surface area contributed by atoms with Gasteiger partial charge in [-0.3, -0.25) is 0 Å². The fourth-order valence-corrected chi connectivity index (χ4v) is 4.00. The van der Waals surface area contributed by atoms with Crippen molar-refractivity contribution in [2.45, 2.75) is 45.6 Å². The van der Waals surface area contributed by atoms with Gasteiger partial charge in [-0.15, -0.1) is 24.0 Å². The Labute approximate surface area is 195 Å². The molecule has 1 heterocycles. The average molecular weight is 529 g/mol. The predicted molar refractivity (Wildman–Crippen MR) is 129 cm³/mol. The van der Waals surface area contributed by atoms with Gasteiger partial charge in [-0.25, -0.2) is 14.4 Å². The van der Waals surface area contributed by atoms with Crippen molar-refractivity contribution in [2.24, 2.45) is 10.4 Å². The summed E-state index contributed by atoms with van der Waals surface area (Å²) in [4.78, 5) is 8.64. The molecular formula is C22H33FIN5O. The van der Waals surface area contributed by atoms with Crippen molar-refractivity contribution in [3.8, 4) is 5.69 Å². The van der Waals surface area contributed by atoms with Gasteiger partial charge in [-0.05, 0) is 49.3 Å². The Morgan fingerprint density at radius 1 is 1.30 bits per heavy atom. The highest BCUT2D eigenvalue weighted by molar-refractivity contribution is 14.0. The zero-order chi connectivity index (χ0) is 20.5. The zero-order valence-electron chi connectivity index (χ0n) is 17.9. The fraction of sp³-hybridized carbons (Fsp3) is 0.545. The minimum absolute atomic E-state index is 0. The topological polar surface area (TPSA) is 63.5 Å². The zero-order valence-corrected chi connectivity index (χ0v) is 20.2. The molecule has 0 saturated heterocycles. The number of methoxy groups -OCH3 is 1. The number of guanidine groups is 1. The van der Waals surface area contributed by atoms with Crippen molar-refractivity contribution in [2.75, 3.05) is 26.8 Å². The van der Waals surface area contributed by atoms with Crippen LogP contribution in [0.1, 0.15) is 44.6 Å². The third kappa shape index (κ3) is 6.66. The van der Waals surface area contributed by atoms with Gasteiger partial charge in [-0.1, -0.05) is 18.9 Å². The summed E-state index contributed by atoms with van der Waals surface area (Å²) >= 11 is 0. The molecule has 0 bridgehead atoms. The molecular weight excluding hydrogens is 496 g/mol. The summed E-state index contributed by atoms with van der Waals surface area (Å²) in [5.74, 6) is 0.494. The van der Waals surface area contributed by atoms with Crippen molar-refractivity contribution in [1.29, 1.82) is 0 Å². The maximum Gasteiger partial charge on any atom is 0.191 e. The first kappa shape index (κ1) is 24.6. The molecule has 0 aliphatic heterocycles. The second-order valence-corrected chi connectivity index (χ2v) is 7.75. The Kier molecular flexibility index (Phi) is 10.0. The summed E-state index contributed by atoms with van der Waals surface area (Å²) in [5.41, 5.74) is 1.60. The monoisotopic (exact) mass is 529 g/mol. The van der Waals surface area contributed by atoms with Crippen molar-refractivity contribution in [1.82, 2.24) is 20.2 Å². The van der Waals surface area contributed by atoms with Crippen LogP contribution in [0.5, 0.6) is 0 Å². The van der Waals surface area contributed by atoms with Crippen LogP contribution in [0.3, 0.4) is 0 Å². The van der Waals surface area contributed by atoms with Crippen LogP contribution in [0, 0.1) is 11.2 Å². The number of aliphatic imine (C=N–C) groups is 1. The van der Waals surface area contributed by atoms with Crippen LogP contribution in [0.25, 0.3) is 5.69 Å². The lowest BCUT2D eigenvalue weighted by Gasteiger charge is -2.30. The Morgan fingerprint density at radius 3 is 2.73 bits per heavy atom. The maximum absolute atomic E-state index is 14.5. The van der Waals surface area contributed by atoms with E-state index in [1.807, 2.05) is 13.0 Å². The highest BCUT2D eigenvalue weighted by Gasteiger charge is 2.33. The molecule has 1 fully saturated rings. The van der Waals surface area contributed by atoms with Crippen molar-refractivity contribution in [3.63, 3.8) is 0 Å². The molecule has 0 atom stereocenters. The molecule has 1 aliphatic carbocycles. The van der Waals surface area contributed by atoms with Crippen LogP contribution >= 0.6 is 24.0 Å². The van der Waals surface area contributed by atoms with E-state index in [-0.39, 0.29) is 35.2 Å². The SMILES string of the molecule is CCNC(=NCc1ccc(-n2ccnc2)c(F)c1)NCC1(CCOC)CCCC1.I. The average Bonchev–Trinajstić information content (AvgIpc) is 3.41. The maximum atomic E-state index is 14.5. The highest BCUT2D eigenvalue weighted by atomic mass is 127. The lowest BCUT2D eigenvalue weighted by Crippen LogP contribution is -2.43. The summed E-state index contributed by atoms with van der Waals surface area (Å²) in [6, 6.07) is 5.21. The van der Waals surface area contributed by atoms with E-state index >= 15 is 0 Å². The largest absolute Gasteiger partial charge is 0.385 e. The van der Waals surface area contributed by atoms with E-state index < -0.39 is 0 Å². The summed E-state index contributed by atoms with van der Waals surface area (Å²) in [5, 5.41) is 6.81. The molecule has 0 spiro atoms. The molecule has 166 valence electrons. The van der Waals surface area contributed by atoms with Crippen molar-refractivity contribution < 1.29 is 9.13 Å². The predicted octanol–water partition coefficient (Wildman–Crippen LogP) is 4.28. The molecule has 2 N–H and O–H groups in total. The smallest absolute Gasteiger partial charge is 0.191 e. The number of aromatic nitrogens is 2. The fourth-order valence-electron chi connectivity index (χ4n) is 4.00. The number of ether oxygens (including phenoxy) is 1. The van der Waals surface area contributed by atoms with E-state index in [1.54, 1.807) is 42.5 Å².